The predicted molar refractivity (Wildman–Crippen MR) is 107 cm³/mol. The fourth-order valence-electron chi connectivity index (χ4n) is 2.09. The first-order valence-corrected chi connectivity index (χ1v) is 8.52. The molecule has 0 amide bonds. The minimum absolute atomic E-state index is 0.00677. The zero-order valence-corrected chi connectivity index (χ0v) is 15.4. The van der Waals surface area contributed by atoms with Crippen LogP contribution < -0.4 is 0 Å². The summed E-state index contributed by atoms with van der Waals surface area (Å²) in [6, 6.07) is 13.7. The average molecular weight is 461 g/mol. The Morgan fingerprint density at radius 2 is 2.00 bits per heavy atom. The lowest BCUT2D eigenvalue weighted by Gasteiger charge is -1.95. The number of oxazole rings is 1. The number of aliphatic imine (C=N–C) groups is 1. The van der Waals surface area contributed by atoms with Crippen molar-refractivity contribution in [3.05, 3.63) is 79.4 Å². The third-order valence-corrected chi connectivity index (χ3v) is 4.24. The lowest BCUT2D eigenvalue weighted by atomic mass is 10.2. The van der Waals surface area contributed by atoms with Gasteiger partial charge in [-0.05, 0) is 46.4 Å². The van der Waals surface area contributed by atoms with Crippen LogP contribution in [-0.2, 0) is 0 Å². The molecule has 2 aromatic carbocycles. The number of nitro benzene ring substituents is 1. The van der Waals surface area contributed by atoms with Gasteiger partial charge in [-0.3, -0.25) is 15.1 Å². The summed E-state index contributed by atoms with van der Waals surface area (Å²) in [5, 5.41) is 20.6. The van der Waals surface area contributed by atoms with Gasteiger partial charge >= 0.3 is 5.95 Å². The molecule has 0 aliphatic rings. The summed E-state index contributed by atoms with van der Waals surface area (Å²) in [7, 11) is 0. The number of para-hydroxylation sites is 1. The molecule has 0 saturated heterocycles. The molecule has 0 atom stereocenters. The number of nitro groups is 1. The molecule has 0 aliphatic carbocycles. The van der Waals surface area contributed by atoms with Crippen LogP contribution in [-0.4, -0.2) is 21.2 Å². The van der Waals surface area contributed by atoms with E-state index in [0.29, 0.717) is 5.56 Å². The van der Waals surface area contributed by atoms with Gasteiger partial charge < -0.3 is 9.52 Å². The highest BCUT2D eigenvalue weighted by Crippen LogP contribution is 2.23. The van der Waals surface area contributed by atoms with Gasteiger partial charge in [0.15, 0.2) is 5.69 Å². The van der Waals surface area contributed by atoms with E-state index in [-0.39, 0.29) is 23.2 Å². The smallest absolute Gasteiger partial charge is 0.312 e. The summed E-state index contributed by atoms with van der Waals surface area (Å²) in [6.07, 6.45) is 4.54. The number of rotatable bonds is 5. The highest BCUT2D eigenvalue weighted by Gasteiger charge is 2.09. The predicted octanol–water partition coefficient (Wildman–Crippen LogP) is 4.81. The Kier molecular flexibility index (Phi) is 5.42. The topological polar surface area (TPSA) is 102 Å². The Morgan fingerprint density at radius 3 is 2.77 bits per heavy atom. The molecular weight excluding hydrogens is 449 g/mol. The van der Waals surface area contributed by atoms with Crippen LogP contribution in [0.2, 0.25) is 0 Å². The largest absolute Gasteiger partial charge is 0.479 e. The van der Waals surface area contributed by atoms with Crippen molar-refractivity contribution in [1.82, 2.24) is 4.98 Å². The minimum Gasteiger partial charge on any atom is -0.479 e. The molecular formula is C18H12IN3O4. The molecule has 0 saturated carbocycles. The number of hydrogen-bond donors (Lipinski definition) is 1. The molecule has 1 aromatic heterocycles. The lowest BCUT2D eigenvalue weighted by Crippen LogP contribution is -1.87. The zero-order chi connectivity index (χ0) is 18.5. The van der Waals surface area contributed by atoms with Crippen LogP contribution in [0.4, 0.5) is 11.4 Å². The maximum atomic E-state index is 10.8. The van der Waals surface area contributed by atoms with Crippen LogP contribution in [0.5, 0.6) is 5.95 Å². The summed E-state index contributed by atoms with van der Waals surface area (Å²) in [5.41, 5.74) is 1.56. The van der Waals surface area contributed by atoms with E-state index < -0.39 is 4.92 Å². The lowest BCUT2D eigenvalue weighted by molar-refractivity contribution is -0.384. The molecule has 1 N–H and O–H groups in total. The minimum atomic E-state index is -0.464. The van der Waals surface area contributed by atoms with Crippen molar-refractivity contribution < 1.29 is 14.4 Å². The summed E-state index contributed by atoms with van der Waals surface area (Å²) in [5.74, 6) is -0.184. The van der Waals surface area contributed by atoms with Crippen molar-refractivity contribution in [2.45, 2.75) is 0 Å². The van der Waals surface area contributed by atoms with Gasteiger partial charge in [-0.1, -0.05) is 24.3 Å². The fraction of sp³-hybridized carbons (Fsp3) is 0. The number of hydrogen-bond acceptors (Lipinski definition) is 6. The van der Waals surface area contributed by atoms with Gasteiger partial charge in [-0.15, -0.1) is 0 Å². The second-order valence-corrected chi connectivity index (χ2v) is 6.30. The molecule has 1 heterocycles. The summed E-state index contributed by atoms with van der Waals surface area (Å²) in [4.78, 5) is 18.7. The molecule has 26 heavy (non-hydrogen) atoms. The Hall–Kier alpha value is -3.01. The van der Waals surface area contributed by atoms with Crippen molar-refractivity contribution in [1.29, 1.82) is 0 Å². The molecule has 130 valence electrons. The number of nitrogens with zero attached hydrogens (tertiary/aromatic N) is 3. The van der Waals surface area contributed by atoms with Gasteiger partial charge in [0.05, 0.1) is 16.8 Å². The Labute approximate surface area is 162 Å². The van der Waals surface area contributed by atoms with E-state index in [9.17, 15) is 15.2 Å². The third-order valence-electron chi connectivity index (χ3n) is 3.33. The van der Waals surface area contributed by atoms with Gasteiger partial charge in [0.2, 0.25) is 5.89 Å². The van der Waals surface area contributed by atoms with E-state index in [1.54, 1.807) is 18.2 Å². The summed E-state index contributed by atoms with van der Waals surface area (Å²) in [6.45, 7) is 0. The molecule has 0 bridgehead atoms. The van der Waals surface area contributed by atoms with E-state index in [4.69, 9.17) is 4.42 Å². The monoisotopic (exact) mass is 461 g/mol. The van der Waals surface area contributed by atoms with E-state index in [1.165, 1.54) is 24.4 Å². The van der Waals surface area contributed by atoms with Crippen LogP contribution in [0, 0.1) is 13.7 Å². The molecule has 0 spiro atoms. The average Bonchev–Trinajstić information content (AvgIpc) is 2.99. The fourth-order valence-corrected chi connectivity index (χ4v) is 2.62. The highest BCUT2D eigenvalue weighted by atomic mass is 127. The van der Waals surface area contributed by atoms with Crippen LogP contribution in [0.3, 0.4) is 0 Å². The van der Waals surface area contributed by atoms with E-state index in [1.807, 2.05) is 24.3 Å². The van der Waals surface area contributed by atoms with E-state index >= 15 is 0 Å². The molecule has 3 aromatic rings. The van der Waals surface area contributed by atoms with Crippen molar-refractivity contribution in [2.24, 2.45) is 4.99 Å². The quantitative estimate of drug-likeness (QED) is 0.254. The number of non-ortho nitro benzene ring substituents is 1. The second kappa shape index (κ2) is 7.91. The first kappa shape index (κ1) is 17.8. The Morgan fingerprint density at radius 1 is 1.19 bits per heavy atom. The molecule has 0 unspecified atom stereocenters. The second-order valence-electron chi connectivity index (χ2n) is 5.14. The highest BCUT2D eigenvalue weighted by molar-refractivity contribution is 14.1. The molecule has 0 aliphatic heterocycles. The SMILES string of the molecule is O=[N+]([O-])c1cccc(C=Cc2nc(C=Nc3ccccc3I)c(O)o2)c1. The number of aromatic nitrogens is 1. The third kappa shape index (κ3) is 4.33. The first-order valence-electron chi connectivity index (χ1n) is 7.44. The van der Waals surface area contributed by atoms with E-state index in [2.05, 4.69) is 32.6 Å². The Balaban J connectivity index is 1.79. The van der Waals surface area contributed by atoms with Crippen LogP contribution in [0.25, 0.3) is 12.2 Å². The van der Waals surface area contributed by atoms with Crippen LogP contribution >= 0.6 is 22.6 Å². The number of aromatic hydroxyl groups is 1. The zero-order valence-electron chi connectivity index (χ0n) is 13.2. The Bertz CT molecular complexity index is 1010. The van der Waals surface area contributed by atoms with Gasteiger partial charge in [0, 0.05) is 21.8 Å². The molecule has 0 fully saturated rings. The summed E-state index contributed by atoms with van der Waals surface area (Å²) >= 11 is 2.16. The standard InChI is InChI=1S/C18H12IN3O4/c19-14-6-1-2-7-15(14)20-11-16-18(23)26-17(21-16)9-8-12-4-3-5-13(10-12)22(24)25/h1-11,23H. The van der Waals surface area contributed by atoms with Crippen LogP contribution in [0.15, 0.2) is 57.9 Å². The van der Waals surface area contributed by atoms with Gasteiger partial charge in [-0.2, -0.15) is 0 Å². The normalized spacial score (nSPS) is 11.4. The molecule has 0 radical (unpaired) electrons. The molecule has 8 heteroatoms. The van der Waals surface area contributed by atoms with Crippen LogP contribution in [0.1, 0.15) is 17.1 Å². The van der Waals surface area contributed by atoms with E-state index in [0.717, 1.165) is 9.26 Å². The summed E-state index contributed by atoms with van der Waals surface area (Å²) < 4.78 is 6.13. The van der Waals surface area contributed by atoms with Crippen molar-refractivity contribution in [2.75, 3.05) is 0 Å². The number of halogens is 1. The van der Waals surface area contributed by atoms with Gasteiger partial charge in [0.25, 0.3) is 5.69 Å². The van der Waals surface area contributed by atoms with Gasteiger partial charge in [0.1, 0.15) is 0 Å². The van der Waals surface area contributed by atoms with Crippen molar-refractivity contribution in [3.63, 3.8) is 0 Å². The molecule has 3 rings (SSSR count). The van der Waals surface area contributed by atoms with Crippen molar-refractivity contribution >= 4 is 52.3 Å². The number of benzene rings is 2. The molecule has 7 nitrogen and oxygen atoms in total. The maximum Gasteiger partial charge on any atom is 0.312 e. The van der Waals surface area contributed by atoms with Gasteiger partial charge in [-0.25, -0.2) is 4.98 Å². The maximum absolute atomic E-state index is 10.8. The first-order chi connectivity index (χ1) is 12.5. The van der Waals surface area contributed by atoms with Crippen molar-refractivity contribution in [3.8, 4) is 5.95 Å².